The Bertz CT molecular complexity index is 437. The van der Waals surface area contributed by atoms with E-state index in [9.17, 15) is 0 Å². The van der Waals surface area contributed by atoms with Gasteiger partial charge in [0.25, 0.3) is 0 Å². The highest BCUT2D eigenvalue weighted by atomic mass is 16.5. The first-order chi connectivity index (χ1) is 11.2. The minimum Gasteiger partial charge on any atom is -0.490 e. The maximum Gasteiger partial charge on any atom is 0.119 e. The first-order valence-corrected chi connectivity index (χ1v) is 9.23. The van der Waals surface area contributed by atoms with Crippen LogP contribution in [0.25, 0.3) is 0 Å². The van der Waals surface area contributed by atoms with Gasteiger partial charge in [-0.25, -0.2) is 0 Å². The van der Waals surface area contributed by atoms with Crippen LogP contribution in [-0.4, -0.2) is 12.9 Å². The second kappa shape index (κ2) is 9.10. The van der Waals surface area contributed by atoms with Gasteiger partial charge >= 0.3 is 0 Å². The molecule has 0 amide bonds. The summed E-state index contributed by atoms with van der Waals surface area (Å²) in [6.07, 6.45) is 11.6. The first kappa shape index (κ1) is 18.0. The number of hydrogen-bond donors (Lipinski definition) is 0. The summed E-state index contributed by atoms with van der Waals surface area (Å²) in [6, 6.07) is 8.52. The summed E-state index contributed by atoms with van der Waals surface area (Å²) in [5.74, 6) is 4.02. The van der Waals surface area contributed by atoms with Crippen molar-refractivity contribution in [3.05, 3.63) is 29.8 Å². The van der Waals surface area contributed by atoms with Crippen LogP contribution in [0.3, 0.4) is 0 Å². The molecule has 1 aromatic carbocycles. The van der Waals surface area contributed by atoms with Crippen LogP contribution in [0.15, 0.2) is 24.3 Å². The average molecular weight is 316 g/mol. The number of hydrogen-bond acceptors (Lipinski definition) is 2. The summed E-state index contributed by atoms with van der Waals surface area (Å²) < 4.78 is 6.16. The van der Waals surface area contributed by atoms with Crippen LogP contribution >= 0.6 is 0 Å². The SMILES string of the molecule is C=O.Cc1ccc(OC2CCC(C3CCC(C)CC3)CC2)cc1. The van der Waals surface area contributed by atoms with Crippen molar-refractivity contribution in [3.8, 4) is 5.75 Å². The molecular weight excluding hydrogens is 284 g/mol. The van der Waals surface area contributed by atoms with Gasteiger partial charge in [0.05, 0.1) is 6.10 Å². The van der Waals surface area contributed by atoms with Crippen molar-refractivity contribution in [3.63, 3.8) is 0 Å². The van der Waals surface area contributed by atoms with Gasteiger partial charge in [-0.15, -0.1) is 0 Å². The maximum atomic E-state index is 8.00. The smallest absolute Gasteiger partial charge is 0.119 e. The van der Waals surface area contributed by atoms with Gasteiger partial charge in [0.15, 0.2) is 0 Å². The summed E-state index contributed by atoms with van der Waals surface area (Å²) in [5.41, 5.74) is 1.30. The molecule has 0 atom stereocenters. The lowest BCUT2D eigenvalue weighted by Gasteiger charge is -2.37. The Morgan fingerprint density at radius 3 is 1.83 bits per heavy atom. The van der Waals surface area contributed by atoms with Crippen LogP contribution in [0.2, 0.25) is 0 Å². The molecule has 1 aromatic rings. The maximum absolute atomic E-state index is 8.00. The summed E-state index contributed by atoms with van der Waals surface area (Å²) in [4.78, 5) is 8.00. The molecule has 0 spiro atoms. The van der Waals surface area contributed by atoms with Crippen molar-refractivity contribution < 1.29 is 9.53 Å². The molecule has 0 N–H and O–H groups in total. The minimum absolute atomic E-state index is 0.450. The lowest BCUT2D eigenvalue weighted by molar-refractivity contribution is -0.0979. The molecule has 0 radical (unpaired) electrons. The van der Waals surface area contributed by atoms with Gasteiger partial charge in [0, 0.05) is 0 Å². The van der Waals surface area contributed by atoms with E-state index in [0.717, 1.165) is 23.5 Å². The topological polar surface area (TPSA) is 26.3 Å². The van der Waals surface area contributed by atoms with E-state index in [1.165, 1.54) is 56.9 Å². The van der Waals surface area contributed by atoms with Crippen LogP contribution in [-0.2, 0) is 4.79 Å². The highest BCUT2D eigenvalue weighted by molar-refractivity contribution is 5.26. The van der Waals surface area contributed by atoms with E-state index < -0.39 is 0 Å². The third-order valence-electron chi connectivity index (χ3n) is 5.77. The standard InChI is InChI=1S/C20H30O.CH2O/c1-15-3-7-17(8-4-15)18-9-13-20(14-10-18)21-19-11-5-16(2)6-12-19;1-2/h5-6,11-12,15,17-18,20H,3-4,7-10,13-14H2,1-2H3;1H2. The van der Waals surface area contributed by atoms with Crippen molar-refractivity contribution in [2.45, 2.75) is 71.3 Å². The fraction of sp³-hybridized carbons (Fsp3) is 0.667. The van der Waals surface area contributed by atoms with Gasteiger partial charge in [-0.1, -0.05) is 37.5 Å². The predicted octanol–water partition coefficient (Wildman–Crippen LogP) is 5.57. The molecule has 2 fully saturated rings. The normalized spacial score (nSPS) is 30.9. The number of ether oxygens (including phenoxy) is 1. The highest BCUT2D eigenvalue weighted by Gasteiger charge is 2.30. The molecule has 2 saturated carbocycles. The fourth-order valence-electron chi connectivity index (χ4n) is 4.24. The predicted molar refractivity (Wildman–Crippen MR) is 95.8 cm³/mol. The quantitative estimate of drug-likeness (QED) is 0.728. The molecule has 2 aliphatic carbocycles. The van der Waals surface area contributed by atoms with Gasteiger partial charge in [-0.2, -0.15) is 0 Å². The molecule has 128 valence electrons. The fourth-order valence-corrected chi connectivity index (χ4v) is 4.24. The number of carbonyl (C=O) groups excluding carboxylic acids is 1. The van der Waals surface area contributed by atoms with Gasteiger partial charge in [-0.3, -0.25) is 0 Å². The van der Waals surface area contributed by atoms with Crippen molar-refractivity contribution >= 4 is 6.79 Å². The average Bonchev–Trinajstić information content (AvgIpc) is 2.60. The zero-order chi connectivity index (χ0) is 16.7. The van der Waals surface area contributed by atoms with Gasteiger partial charge < -0.3 is 9.53 Å². The van der Waals surface area contributed by atoms with Crippen LogP contribution in [0.1, 0.15) is 63.9 Å². The molecule has 2 aliphatic rings. The van der Waals surface area contributed by atoms with E-state index in [4.69, 9.17) is 9.53 Å². The third kappa shape index (κ3) is 5.37. The third-order valence-corrected chi connectivity index (χ3v) is 5.77. The molecule has 0 unspecified atom stereocenters. The molecule has 3 rings (SSSR count). The van der Waals surface area contributed by atoms with Gasteiger partial charge in [-0.05, 0) is 75.3 Å². The molecule has 0 aromatic heterocycles. The molecule has 0 bridgehead atoms. The van der Waals surface area contributed by atoms with E-state index in [0.29, 0.717) is 6.10 Å². The number of carbonyl (C=O) groups is 1. The van der Waals surface area contributed by atoms with Gasteiger partial charge in [0.2, 0.25) is 0 Å². The van der Waals surface area contributed by atoms with Crippen molar-refractivity contribution in [2.75, 3.05) is 0 Å². The molecule has 0 saturated heterocycles. The Labute approximate surface area is 141 Å². The zero-order valence-corrected chi connectivity index (χ0v) is 14.8. The lowest BCUT2D eigenvalue weighted by Crippen LogP contribution is -2.29. The van der Waals surface area contributed by atoms with E-state index in [1.54, 1.807) is 0 Å². The number of benzene rings is 1. The van der Waals surface area contributed by atoms with E-state index in [2.05, 4.69) is 38.1 Å². The Kier molecular flexibility index (Phi) is 7.14. The molecule has 2 nitrogen and oxygen atoms in total. The first-order valence-electron chi connectivity index (χ1n) is 9.23. The molecule has 23 heavy (non-hydrogen) atoms. The second-order valence-electron chi connectivity index (χ2n) is 7.49. The summed E-state index contributed by atoms with van der Waals surface area (Å²) in [5, 5.41) is 0. The summed E-state index contributed by atoms with van der Waals surface area (Å²) in [6.45, 7) is 6.54. The molecular formula is C21H32O2. The minimum atomic E-state index is 0.450. The lowest BCUT2D eigenvalue weighted by atomic mass is 9.71. The summed E-state index contributed by atoms with van der Waals surface area (Å²) >= 11 is 0. The molecule has 2 heteroatoms. The second-order valence-corrected chi connectivity index (χ2v) is 7.49. The Morgan fingerprint density at radius 2 is 1.30 bits per heavy atom. The van der Waals surface area contributed by atoms with Crippen LogP contribution < -0.4 is 4.74 Å². The van der Waals surface area contributed by atoms with Crippen molar-refractivity contribution in [1.29, 1.82) is 0 Å². The van der Waals surface area contributed by atoms with E-state index in [-0.39, 0.29) is 0 Å². The molecule has 0 aliphatic heterocycles. The van der Waals surface area contributed by atoms with Crippen LogP contribution in [0.4, 0.5) is 0 Å². The molecule has 0 heterocycles. The Morgan fingerprint density at radius 1 is 0.826 bits per heavy atom. The highest BCUT2D eigenvalue weighted by Crippen LogP contribution is 2.40. The van der Waals surface area contributed by atoms with Crippen LogP contribution in [0.5, 0.6) is 5.75 Å². The van der Waals surface area contributed by atoms with Crippen LogP contribution in [0, 0.1) is 24.7 Å². The zero-order valence-electron chi connectivity index (χ0n) is 14.8. The van der Waals surface area contributed by atoms with Crippen molar-refractivity contribution in [1.82, 2.24) is 0 Å². The van der Waals surface area contributed by atoms with E-state index >= 15 is 0 Å². The Hall–Kier alpha value is -1.31. The monoisotopic (exact) mass is 316 g/mol. The van der Waals surface area contributed by atoms with Gasteiger partial charge in [0.1, 0.15) is 12.5 Å². The Balaban J connectivity index is 0.000000924. The largest absolute Gasteiger partial charge is 0.490 e. The number of rotatable bonds is 3. The van der Waals surface area contributed by atoms with E-state index in [1.807, 2.05) is 6.79 Å². The number of aryl methyl sites for hydroxylation is 1. The van der Waals surface area contributed by atoms with Crippen molar-refractivity contribution in [2.24, 2.45) is 17.8 Å². The summed E-state index contributed by atoms with van der Waals surface area (Å²) in [7, 11) is 0.